The molecule has 0 spiro atoms. The Balaban J connectivity index is 0.00000196. The molecule has 0 heterocycles. The van der Waals surface area contributed by atoms with E-state index in [9.17, 15) is 4.79 Å². The highest BCUT2D eigenvalue weighted by molar-refractivity contribution is 5.93. The molecule has 78 valence electrons. The predicted octanol–water partition coefficient (Wildman–Crippen LogP) is -0.00161. The van der Waals surface area contributed by atoms with E-state index in [1.165, 1.54) is 5.43 Å². The SMILES string of the molecule is [CH2-][NH2+]NC(=O)c1ccc(N(C)C)cc1.[HH]. The second kappa shape index (κ2) is 4.62. The summed E-state index contributed by atoms with van der Waals surface area (Å²) in [7, 11) is 7.35. The van der Waals surface area contributed by atoms with Gasteiger partial charge in [-0.3, -0.25) is 4.79 Å². The molecule has 0 aliphatic heterocycles. The number of carbonyl (C=O) groups excluding carboxylic acids is 1. The Bertz CT molecular complexity index is 311. The molecular weight excluding hydrogens is 178 g/mol. The van der Waals surface area contributed by atoms with Crippen molar-refractivity contribution in [2.75, 3.05) is 19.0 Å². The first kappa shape index (κ1) is 10.5. The van der Waals surface area contributed by atoms with E-state index >= 15 is 0 Å². The first-order valence-corrected chi connectivity index (χ1v) is 4.34. The number of quaternary nitrogens is 1. The quantitative estimate of drug-likeness (QED) is 0.309. The van der Waals surface area contributed by atoms with Crippen molar-refractivity contribution in [3.05, 3.63) is 36.9 Å². The van der Waals surface area contributed by atoms with Crippen molar-refractivity contribution in [2.45, 2.75) is 0 Å². The van der Waals surface area contributed by atoms with Crippen LogP contribution in [-0.2, 0) is 0 Å². The molecule has 4 heteroatoms. The minimum atomic E-state index is -0.134. The number of nitrogens with zero attached hydrogens (tertiary/aromatic N) is 1. The van der Waals surface area contributed by atoms with Gasteiger partial charge in [-0.15, -0.1) is 7.05 Å². The molecule has 1 aromatic rings. The number of nitrogens with one attached hydrogen (secondary N) is 1. The summed E-state index contributed by atoms with van der Waals surface area (Å²) in [6, 6.07) is 7.37. The molecule has 1 rings (SSSR count). The number of anilines is 1. The normalized spacial score (nSPS) is 9.64. The van der Waals surface area contributed by atoms with E-state index in [0.717, 1.165) is 5.69 Å². The molecule has 0 aliphatic rings. The van der Waals surface area contributed by atoms with E-state index in [-0.39, 0.29) is 7.33 Å². The predicted molar refractivity (Wildman–Crippen MR) is 57.6 cm³/mol. The van der Waals surface area contributed by atoms with E-state index in [1.54, 1.807) is 12.1 Å². The first-order chi connectivity index (χ1) is 6.65. The Hall–Kier alpha value is -1.55. The maximum Gasteiger partial charge on any atom is 0.293 e. The van der Waals surface area contributed by atoms with Gasteiger partial charge in [-0.25, -0.2) is 5.43 Å². The average Bonchev–Trinajstić information content (AvgIpc) is 2.18. The molecule has 1 aromatic carbocycles. The summed E-state index contributed by atoms with van der Waals surface area (Å²) in [6.07, 6.45) is 0. The van der Waals surface area contributed by atoms with Crippen LogP contribution in [0.3, 0.4) is 0 Å². The lowest BCUT2D eigenvalue weighted by Crippen LogP contribution is -2.88. The average molecular weight is 195 g/mol. The number of hydrogen-bond donors (Lipinski definition) is 2. The summed E-state index contributed by atoms with van der Waals surface area (Å²) in [5.41, 5.74) is 5.60. The molecule has 14 heavy (non-hydrogen) atoms. The van der Waals surface area contributed by atoms with Crippen molar-refractivity contribution in [3.63, 3.8) is 0 Å². The van der Waals surface area contributed by atoms with E-state index in [0.29, 0.717) is 5.56 Å². The van der Waals surface area contributed by atoms with Gasteiger partial charge in [0, 0.05) is 26.8 Å². The van der Waals surface area contributed by atoms with Crippen molar-refractivity contribution < 1.29 is 11.6 Å². The maximum atomic E-state index is 11.3. The van der Waals surface area contributed by atoms with Crippen LogP contribution in [0.4, 0.5) is 5.69 Å². The Morgan fingerprint density at radius 2 is 2.00 bits per heavy atom. The summed E-state index contributed by atoms with van der Waals surface area (Å²) in [5, 5.41) is 0. The van der Waals surface area contributed by atoms with E-state index in [1.807, 2.05) is 31.1 Å². The topological polar surface area (TPSA) is 49.0 Å². The number of rotatable bonds is 3. The van der Waals surface area contributed by atoms with Crippen molar-refractivity contribution in [1.29, 1.82) is 0 Å². The van der Waals surface area contributed by atoms with Gasteiger partial charge in [0.1, 0.15) is 0 Å². The summed E-state index contributed by atoms with van der Waals surface area (Å²) in [5.74, 6) is -0.134. The highest BCUT2D eigenvalue weighted by Crippen LogP contribution is 2.11. The lowest BCUT2D eigenvalue weighted by atomic mass is 10.2. The smallest absolute Gasteiger partial charge is 0.293 e. The molecule has 3 N–H and O–H groups in total. The lowest BCUT2D eigenvalue weighted by Gasteiger charge is -2.12. The van der Waals surface area contributed by atoms with Gasteiger partial charge >= 0.3 is 0 Å². The van der Waals surface area contributed by atoms with Crippen molar-refractivity contribution in [2.24, 2.45) is 0 Å². The van der Waals surface area contributed by atoms with Gasteiger partial charge in [-0.05, 0) is 24.3 Å². The molecule has 1 amide bonds. The second-order valence-electron chi connectivity index (χ2n) is 3.12. The minimum absolute atomic E-state index is 0. The third-order valence-corrected chi connectivity index (χ3v) is 1.88. The third kappa shape index (κ3) is 2.47. The zero-order valence-electron chi connectivity index (χ0n) is 8.45. The van der Waals surface area contributed by atoms with Crippen LogP contribution in [0.25, 0.3) is 0 Å². The van der Waals surface area contributed by atoms with Crippen LogP contribution in [0.2, 0.25) is 0 Å². The molecule has 0 radical (unpaired) electrons. The molecule has 0 aromatic heterocycles. The highest BCUT2D eigenvalue weighted by Gasteiger charge is 2.04. The molecule has 0 saturated heterocycles. The Kier molecular flexibility index (Phi) is 3.48. The monoisotopic (exact) mass is 195 g/mol. The van der Waals surface area contributed by atoms with Crippen LogP contribution in [0, 0.1) is 7.05 Å². The molecule has 4 nitrogen and oxygen atoms in total. The van der Waals surface area contributed by atoms with Crippen molar-refractivity contribution in [1.82, 2.24) is 5.43 Å². The second-order valence-corrected chi connectivity index (χ2v) is 3.12. The van der Waals surface area contributed by atoms with E-state index < -0.39 is 0 Å². The first-order valence-electron chi connectivity index (χ1n) is 4.34. The highest BCUT2D eigenvalue weighted by atomic mass is 16.2. The van der Waals surface area contributed by atoms with Gasteiger partial charge < -0.3 is 10.3 Å². The maximum absolute atomic E-state index is 11.3. The molecule has 0 fully saturated rings. The standard InChI is InChI=1S/C10H15N3O.H2/c1-11-12-10(14)8-4-6-9(7-5-8)13(2)3;/h4-7H,1,11H2,2-3H3,(H,12,14);1H. The minimum Gasteiger partial charge on any atom is -0.378 e. The van der Waals surface area contributed by atoms with Gasteiger partial charge in [-0.1, -0.05) is 0 Å². The number of carbonyl (C=O) groups is 1. The largest absolute Gasteiger partial charge is 0.378 e. The van der Waals surface area contributed by atoms with Crippen LogP contribution in [0.1, 0.15) is 11.8 Å². The van der Waals surface area contributed by atoms with Crippen LogP contribution < -0.4 is 15.8 Å². The number of nitrogen functional groups attached to an aromatic ring is 1. The molecule has 0 unspecified atom stereocenters. The van der Waals surface area contributed by atoms with Gasteiger partial charge in [0.2, 0.25) is 0 Å². The number of amides is 1. The number of benzene rings is 1. The molecular formula is C10H17N3O. The Morgan fingerprint density at radius 3 is 2.43 bits per heavy atom. The zero-order chi connectivity index (χ0) is 10.6. The zero-order valence-corrected chi connectivity index (χ0v) is 8.45. The Morgan fingerprint density at radius 1 is 1.43 bits per heavy atom. The van der Waals surface area contributed by atoms with E-state index in [2.05, 4.69) is 12.5 Å². The fourth-order valence-electron chi connectivity index (χ4n) is 1.09. The van der Waals surface area contributed by atoms with Crippen LogP contribution in [0.5, 0.6) is 0 Å². The number of nitrogens with two attached hydrogens (primary N) is 1. The summed E-state index contributed by atoms with van der Waals surface area (Å²) in [6.45, 7) is 0. The van der Waals surface area contributed by atoms with Crippen LogP contribution in [0.15, 0.2) is 24.3 Å². The number of hydrogen-bond acceptors (Lipinski definition) is 2. The lowest BCUT2D eigenvalue weighted by molar-refractivity contribution is -0.641. The van der Waals surface area contributed by atoms with Gasteiger partial charge in [0.05, 0.1) is 0 Å². The van der Waals surface area contributed by atoms with Gasteiger partial charge in [0.25, 0.3) is 5.91 Å². The van der Waals surface area contributed by atoms with Crippen molar-refractivity contribution >= 4 is 11.6 Å². The Labute approximate surface area is 85.4 Å². The molecule has 0 atom stereocenters. The van der Waals surface area contributed by atoms with Gasteiger partial charge in [-0.2, -0.15) is 0 Å². The molecule has 0 aliphatic carbocycles. The van der Waals surface area contributed by atoms with E-state index in [4.69, 9.17) is 0 Å². The fourth-order valence-corrected chi connectivity index (χ4v) is 1.09. The fraction of sp³-hybridized carbons (Fsp3) is 0.200. The van der Waals surface area contributed by atoms with Crippen molar-refractivity contribution in [3.8, 4) is 0 Å². The van der Waals surface area contributed by atoms with Crippen LogP contribution >= 0.6 is 0 Å². The summed E-state index contributed by atoms with van der Waals surface area (Å²) >= 11 is 0. The third-order valence-electron chi connectivity index (χ3n) is 1.88. The van der Waals surface area contributed by atoms with Gasteiger partial charge in [0.15, 0.2) is 0 Å². The summed E-state index contributed by atoms with van der Waals surface area (Å²) in [4.78, 5) is 13.3. The molecule has 0 bridgehead atoms. The van der Waals surface area contributed by atoms with Crippen LogP contribution in [-0.4, -0.2) is 20.0 Å². The summed E-state index contributed by atoms with van der Waals surface area (Å²) < 4.78 is 0. The molecule has 0 saturated carbocycles.